The summed E-state index contributed by atoms with van der Waals surface area (Å²) in [5, 5.41) is 0. The van der Waals surface area contributed by atoms with Crippen LogP contribution in [-0.2, 0) is 15.7 Å². The van der Waals surface area contributed by atoms with Crippen LogP contribution < -0.4 is 0 Å². The van der Waals surface area contributed by atoms with E-state index >= 15 is 0 Å². The lowest BCUT2D eigenvalue weighted by Crippen LogP contribution is -2.31. The second kappa shape index (κ2) is 8.41. The monoisotopic (exact) mass is 396 g/mol. The van der Waals surface area contributed by atoms with Crippen molar-refractivity contribution in [3.05, 3.63) is 59.4 Å². The molecule has 2 atom stereocenters. The highest BCUT2D eigenvalue weighted by Gasteiger charge is 2.35. The van der Waals surface area contributed by atoms with Crippen LogP contribution in [-0.4, -0.2) is 24.8 Å². The third-order valence-electron chi connectivity index (χ3n) is 4.63. The van der Waals surface area contributed by atoms with E-state index in [9.17, 15) is 22.4 Å². The summed E-state index contributed by atoms with van der Waals surface area (Å²) in [6, 6.07) is 8.11. The molecule has 1 heterocycles. The number of carbonyl (C=O) groups excluding carboxylic acids is 1. The van der Waals surface area contributed by atoms with Gasteiger partial charge in [0.15, 0.2) is 12.1 Å². The smallest absolute Gasteiger partial charge is 0.353 e. The zero-order valence-corrected chi connectivity index (χ0v) is 15.3. The average molecular weight is 396 g/mol. The molecule has 0 spiro atoms. The molecule has 2 unspecified atom stereocenters. The van der Waals surface area contributed by atoms with Gasteiger partial charge in [-0.25, -0.2) is 4.39 Å². The van der Waals surface area contributed by atoms with Gasteiger partial charge in [-0.05, 0) is 55.5 Å². The summed E-state index contributed by atoms with van der Waals surface area (Å²) in [6.07, 6.45) is -3.64. The number of hydrogen-bond acceptors (Lipinski definition) is 3. The van der Waals surface area contributed by atoms with Gasteiger partial charge in [0.1, 0.15) is 11.9 Å². The molecule has 1 fully saturated rings. The first-order chi connectivity index (χ1) is 13.3. The number of rotatable bonds is 5. The van der Waals surface area contributed by atoms with E-state index in [1.54, 1.807) is 0 Å². The summed E-state index contributed by atoms with van der Waals surface area (Å²) in [6.45, 7) is 2.04. The minimum absolute atomic E-state index is 0.0958. The minimum atomic E-state index is -4.67. The molecule has 0 amide bonds. The largest absolute Gasteiger partial charge is 0.417 e. The van der Waals surface area contributed by atoms with Crippen LogP contribution in [0, 0.1) is 5.82 Å². The third-order valence-corrected chi connectivity index (χ3v) is 4.63. The first-order valence-corrected chi connectivity index (χ1v) is 9.04. The van der Waals surface area contributed by atoms with Crippen LogP contribution in [0.5, 0.6) is 0 Å². The SMILES string of the molecule is CC(OC1CCCCO1)C(=O)c1ccc(-c2ccc(F)cc2)c(C(F)(F)F)c1. The van der Waals surface area contributed by atoms with Crippen molar-refractivity contribution < 1.29 is 31.8 Å². The molecule has 0 aromatic heterocycles. The lowest BCUT2D eigenvalue weighted by Gasteiger charge is -2.25. The van der Waals surface area contributed by atoms with Gasteiger partial charge in [-0.3, -0.25) is 4.79 Å². The Hall–Kier alpha value is -2.25. The van der Waals surface area contributed by atoms with Crippen LogP contribution >= 0.6 is 0 Å². The van der Waals surface area contributed by atoms with Crippen LogP contribution in [0.1, 0.15) is 42.1 Å². The van der Waals surface area contributed by atoms with Gasteiger partial charge in [0.05, 0.1) is 5.56 Å². The molecule has 0 radical (unpaired) electrons. The van der Waals surface area contributed by atoms with Crippen molar-refractivity contribution >= 4 is 5.78 Å². The molecule has 0 saturated carbocycles. The van der Waals surface area contributed by atoms with Gasteiger partial charge >= 0.3 is 6.18 Å². The summed E-state index contributed by atoms with van der Waals surface area (Å²) in [5.74, 6) is -1.09. The highest BCUT2D eigenvalue weighted by atomic mass is 19.4. The van der Waals surface area contributed by atoms with Gasteiger partial charge in [-0.1, -0.05) is 24.3 Å². The van der Waals surface area contributed by atoms with Crippen molar-refractivity contribution in [1.29, 1.82) is 0 Å². The molecular formula is C21H20F4O3. The maximum atomic E-state index is 13.6. The third kappa shape index (κ3) is 4.77. The second-order valence-electron chi connectivity index (χ2n) is 6.70. The Morgan fingerprint density at radius 1 is 1.14 bits per heavy atom. The van der Waals surface area contributed by atoms with Gasteiger partial charge in [0, 0.05) is 12.2 Å². The number of alkyl halides is 3. The van der Waals surface area contributed by atoms with Gasteiger partial charge < -0.3 is 9.47 Å². The quantitative estimate of drug-likeness (QED) is 0.486. The van der Waals surface area contributed by atoms with E-state index < -0.39 is 35.7 Å². The Labute approximate surface area is 160 Å². The summed E-state index contributed by atoms with van der Waals surface area (Å²) in [4.78, 5) is 12.6. The van der Waals surface area contributed by atoms with Gasteiger partial charge in [0.25, 0.3) is 0 Å². The lowest BCUT2D eigenvalue weighted by atomic mass is 9.95. The molecule has 2 aromatic carbocycles. The second-order valence-corrected chi connectivity index (χ2v) is 6.70. The molecule has 0 aliphatic carbocycles. The molecule has 3 rings (SSSR count). The first-order valence-electron chi connectivity index (χ1n) is 9.04. The van der Waals surface area contributed by atoms with Gasteiger partial charge in [-0.15, -0.1) is 0 Å². The summed E-state index contributed by atoms with van der Waals surface area (Å²) >= 11 is 0. The van der Waals surface area contributed by atoms with E-state index in [-0.39, 0.29) is 16.7 Å². The zero-order chi connectivity index (χ0) is 20.3. The van der Waals surface area contributed by atoms with Crippen molar-refractivity contribution in [2.45, 2.75) is 44.8 Å². The summed E-state index contributed by atoms with van der Waals surface area (Å²) < 4.78 is 64.9. The highest BCUT2D eigenvalue weighted by molar-refractivity contribution is 6.00. The van der Waals surface area contributed by atoms with Gasteiger partial charge in [0.2, 0.25) is 0 Å². The molecule has 1 aliphatic heterocycles. The van der Waals surface area contributed by atoms with Crippen LogP contribution in [0.3, 0.4) is 0 Å². The minimum Gasteiger partial charge on any atom is -0.353 e. The van der Waals surface area contributed by atoms with Crippen molar-refractivity contribution in [1.82, 2.24) is 0 Å². The van der Waals surface area contributed by atoms with Crippen molar-refractivity contribution in [3.63, 3.8) is 0 Å². The van der Waals surface area contributed by atoms with Gasteiger partial charge in [-0.2, -0.15) is 13.2 Å². The fourth-order valence-corrected chi connectivity index (χ4v) is 3.16. The maximum Gasteiger partial charge on any atom is 0.417 e. The Morgan fingerprint density at radius 3 is 2.46 bits per heavy atom. The number of carbonyl (C=O) groups is 1. The normalized spacial score (nSPS) is 18.7. The van der Waals surface area contributed by atoms with Crippen LogP contribution in [0.2, 0.25) is 0 Å². The van der Waals surface area contributed by atoms with Crippen molar-refractivity contribution in [2.75, 3.05) is 6.61 Å². The predicted molar refractivity (Wildman–Crippen MR) is 95.3 cm³/mol. The fraction of sp³-hybridized carbons (Fsp3) is 0.381. The molecule has 1 saturated heterocycles. The standard InChI is InChI=1S/C21H20F4O3/c1-13(28-19-4-2-3-11-27-19)20(26)15-7-10-17(18(12-15)21(23,24)25)14-5-8-16(22)9-6-14/h5-10,12-13,19H,2-4,11H2,1H3. The van der Waals surface area contributed by atoms with Crippen LogP contribution in [0.4, 0.5) is 17.6 Å². The van der Waals surface area contributed by atoms with Crippen LogP contribution in [0.15, 0.2) is 42.5 Å². The molecule has 1 aliphatic rings. The Balaban J connectivity index is 1.87. The number of ether oxygens (including phenoxy) is 2. The van der Waals surface area contributed by atoms with E-state index in [1.807, 2.05) is 0 Å². The summed E-state index contributed by atoms with van der Waals surface area (Å²) in [7, 11) is 0. The van der Waals surface area contributed by atoms with Crippen LogP contribution in [0.25, 0.3) is 11.1 Å². The number of halogens is 4. The Bertz CT molecular complexity index is 825. The first kappa shape index (κ1) is 20.5. The van der Waals surface area contributed by atoms with E-state index in [0.29, 0.717) is 13.0 Å². The Kier molecular flexibility index (Phi) is 6.15. The molecule has 150 valence electrons. The van der Waals surface area contributed by atoms with E-state index in [4.69, 9.17) is 9.47 Å². The molecular weight excluding hydrogens is 376 g/mol. The lowest BCUT2D eigenvalue weighted by molar-refractivity contribution is -0.174. The molecule has 2 aromatic rings. The number of ketones is 1. The van der Waals surface area contributed by atoms with E-state index in [0.717, 1.165) is 31.0 Å². The molecule has 28 heavy (non-hydrogen) atoms. The van der Waals surface area contributed by atoms with Crippen molar-refractivity contribution in [3.8, 4) is 11.1 Å². The van der Waals surface area contributed by atoms with E-state index in [2.05, 4.69) is 0 Å². The highest BCUT2D eigenvalue weighted by Crippen LogP contribution is 2.38. The number of benzene rings is 2. The Morgan fingerprint density at radius 2 is 1.86 bits per heavy atom. The molecule has 3 nitrogen and oxygen atoms in total. The van der Waals surface area contributed by atoms with E-state index in [1.165, 1.54) is 31.2 Å². The zero-order valence-electron chi connectivity index (χ0n) is 15.3. The molecule has 0 N–H and O–H groups in total. The van der Waals surface area contributed by atoms with Crippen molar-refractivity contribution in [2.24, 2.45) is 0 Å². The fourth-order valence-electron chi connectivity index (χ4n) is 3.16. The average Bonchev–Trinajstić information content (AvgIpc) is 2.67. The summed E-state index contributed by atoms with van der Waals surface area (Å²) in [5.41, 5.74) is -0.951. The predicted octanol–water partition coefficient (Wildman–Crippen LogP) is 5.63. The topological polar surface area (TPSA) is 35.5 Å². The molecule has 0 bridgehead atoms. The number of Topliss-reactive ketones (excluding diaryl/α,β-unsaturated/α-hetero) is 1. The molecule has 7 heteroatoms. The maximum absolute atomic E-state index is 13.6. The number of hydrogen-bond donors (Lipinski definition) is 0.